The fourth-order valence-corrected chi connectivity index (χ4v) is 7.01. The monoisotopic (exact) mass is 628 g/mol. The molecule has 232 valence electrons. The first kappa shape index (κ1) is 28.8. The molecular formula is C45H32N4. The van der Waals surface area contributed by atoms with Crippen LogP contribution in [0.4, 0.5) is 0 Å². The number of hydrogen-bond acceptors (Lipinski definition) is 3. The molecule has 0 saturated carbocycles. The summed E-state index contributed by atoms with van der Waals surface area (Å²) >= 11 is 0. The standard InChI is InChI=1S/C45H32N4/c1-3-15-31(16-4-1)35-19-7-8-23-39(35)45-47-43(33-17-5-2-6-18-33)46-44(48-45)34-29-27-32(28-30-34)36-20-9-12-24-40(36)49-41-25-13-10-21-37(41)38-22-11-14-26-42(38)49/h1-6,9-30H,7-8H2. The van der Waals surface area contributed by atoms with Gasteiger partial charge in [-0.2, -0.15) is 0 Å². The van der Waals surface area contributed by atoms with Crippen molar-refractivity contribution in [2.24, 2.45) is 0 Å². The maximum atomic E-state index is 5.12. The SMILES string of the molecule is C1=C(c2ccccc2)C(c2nc(-c3ccccc3)nc(-c3ccc(-c4ccccc4-n4c5ccccc5c5ccccc54)cc3)n2)=CCC1. The second-order valence-corrected chi connectivity index (χ2v) is 12.3. The molecule has 2 heterocycles. The number of aromatic nitrogens is 4. The average Bonchev–Trinajstić information content (AvgIpc) is 3.53. The summed E-state index contributed by atoms with van der Waals surface area (Å²) in [5.41, 5.74) is 11.1. The van der Waals surface area contributed by atoms with Crippen LogP contribution in [0.3, 0.4) is 0 Å². The first-order valence-electron chi connectivity index (χ1n) is 16.8. The Labute approximate surface area is 285 Å². The smallest absolute Gasteiger partial charge is 0.164 e. The topological polar surface area (TPSA) is 43.6 Å². The molecule has 0 bridgehead atoms. The highest BCUT2D eigenvalue weighted by atomic mass is 15.0. The zero-order valence-corrected chi connectivity index (χ0v) is 26.9. The number of rotatable bonds is 6. The van der Waals surface area contributed by atoms with E-state index in [1.807, 2.05) is 18.2 Å². The lowest BCUT2D eigenvalue weighted by Gasteiger charge is -2.17. The third-order valence-electron chi connectivity index (χ3n) is 9.33. The minimum absolute atomic E-state index is 0.657. The molecule has 0 N–H and O–H groups in total. The van der Waals surface area contributed by atoms with E-state index >= 15 is 0 Å². The van der Waals surface area contributed by atoms with Gasteiger partial charge in [-0.3, -0.25) is 0 Å². The van der Waals surface area contributed by atoms with E-state index in [-0.39, 0.29) is 0 Å². The highest BCUT2D eigenvalue weighted by molar-refractivity contribution is 6.09. The van der Waals surface area contributed by atoms with Crippen LogP contribution in [-0.2, 0) is 0 Å². The summed E-state index contributed by atoms with van der Waals surface area (Å²) in [4.78, 5) is 15.2. The van der Waals surface area contributed by atoms with Crippen molar-refractivity contribution < 1.29 is 0 Å². The summed E-state index contributed by atoms with van der Waals surface area (Å²) in [5.74, 6) is 2.02. The Bertz CT molecular complexity index is 2470. The lowest BCUT2D eigenvalue weighted by atomic mass is 9.91. The van der Waals surface area contributed by atoms with Crippen molar-refractivity contribution in [2.45, 2.75) is 12.8 Å². The molecule has 0 amide bonds. The highest BCUT2D eigenvalue weighted by Crippen LogP contribution is 2.38. The molecule has 0 radical (unpaired) electrons. The van der Waals surface area contributed by atoms with Crippen LogP contribution >= 0.6 is 0 Å². The van der Waals surface area contributed by atoms with Gasteiger partial charge in [-0.15, -0.1) is 0 Å². The van der Waals surface area contributed by atoms with Crippen molar-refractivity contribution in [1.29, 1.82) is 0 Å². The van der Waals surface area contributed by atoms with Gasteiger partial charge >= 0.3 is 0 Å². The Balaban J connectivity index is 1.15. The molecule has 0 spiro atoms. The number of benzene rings is 6. The predicted molar refractivity (Wildman–Crippen MR) is 202 cm³/mol. The van der Waals surface area contributed by atoms with Gasteiger partial charge in [0.05, 0.1) is 16.7 Å². The Kier molecular flexibility index (Phi) is 7.25. The van der Waals surface area contributed by atoms with E-state index in [9.17, 15) is 0 Å². The van der Waals surface area contributed by atoms with Crippen molar-refractivity contribution in [3.63, 3.8) is 0 Å². The molecule has 0 atom stereocenters. The van der Waals surface area contributed by atoms with Crippen LogP contribution in [0.25, 0.3) is 72.5 Å². The van der Waals surface area contributed by atoms with Crippen molar-refractivity contribution in [3.05, 3.63) is 181 Å². The van der Waals surface area contributed by atoms with Crippen LogP contribution < -0.4 is 0 Å². The van der Waals surface area contributed by atoms with Crippen molar-refractivity contribution >= 4 is 33.0 Å². The number of nitrogens with zero attached hydrogens (tertiary/aromatic N) is 4. The van der Waals surface area contributed by atoms with Crippen LogP contribution in [0.1, 0.15) is 24.2 Å². The molecule has 4 nitrogen and oxygen atoms in total. The molecule has 49 heavy (non-hydrogen) atoms. The molecule has 4 heteroatoms. The molecule has 0 saturated heterocycles. The van der Waals surface area contributed by atoms with Crippen molar-refractivity contribution in [1.82, 2.24) is 19.5 Å². The van der Waals surface area contributed by atoms with Gasteiger partial charge < -0.3 is 4.57 Å². The fraction of sp³-hybridized carbons (Fsp3) is 0.0444. The van der Waals surface area contributed by atoms with Crippen LogP contribution in [0.15, 0.2) is 170 Å². The molecule has 1 aliphatic carbocycles. The maximum Gasteiger partial charge on any atom is 0.164 e. The Morgan fingerprint density at radius 1 is 0.367 bits per heavy atom. The van der Waals surface area contributed by atoms with Crippen LogP contribution in [-0.4, -0.2) is 19.5 Å². The highest BCUT2D eigenvalue weighted by Gasteiger charge is 2.20. The minimum atomic E-state index is 0.657. The van der Waals surface area contributed by atoms with Gasteiger partial charge in [0.2, 0.25) is 0 Å². The molecule has 0 unspecified atom stereocenters. The Morgan fingerprint density at radius 2 is 0.837 bits per heavy atom. The molecule has 6 aromatic carbocycles. The molecule has 2 aromatic heterocycles. The summed E-state index contributed by atoms with van der Waals surface area (Å²) in [6.07, 6.45) is 6.52. The molecular weight excluding hydrogens is 597 g/mol. The largest absolute Gasteiger partial charge is 0.309 e. The second-order valence-electron chi connectivity index (χ2n) is 12.3. The van der Waals surface area contributed by atoms with Gasteiger partial charge in [0.1, 0.15) is 0 Å². The predicted octanol–water partition coefficient (Wildman–Crippen LogP) is 11.2. The summed E-state index contributed by atoms with van der Waals surface area (Å²) in [6.45, 7) is 0. The Morgan fingerprint density at radius 3 is 1.49 bits per heavy atom. The molecule has 0 aliphatic heterocycles. The molecule has 1 aliphatic rings. The second kappa shape index (κ2) is 12.3. The van der Waals surface area contributed by atoms with Gasteiger partial charge in [0.15, 0.2) is 17.5 Å². The lowest BCUT2D eigenvalue weighted by Crippen LogP contribution is -2.05. The van der Waals surface area contributed by atoms with E-state index in [0.717, 1.165) is 46.4 Å². The number of fused-ring (bicyclic) bond motifs is 3. The first-order valence-corrected chi connectivity index (χ1v) is 16.8. The fourth-order valence-electron chi connectivity index (χ4n) is 7.01. The first-order chi connectivity index (χ1) is 24.3. The quantitative estimate of drug-likeness (QED) is 0.184. The van der Waals surface area contributed by atoms with E-state index in [0.29, 0.717) is 17.5 Å². The Hall–Kier alpha value is -6.39. The maximum absolute atomic E-state index is 5.12. The summed E-state index contributed by atoms with van der Waals surface area (Å²) in [6, 6.07) is 55.3. The summed E-state index contributed by atoms with van der Waals surface area (Å²) in [7, 11) is 0. The minimum Gasteiger partial charge on any atom is -0.309 e. The van der Waals surface area contributed by atoms with Crippen LogP contribution in [0, 0.1) is 0 Å². The molecule has 8 aromatic rings. The van der Waals surface area contributed by atoms with E-state index in [1.165, 1.54) is 32.9 Å². The summed E-state index contributed by atoms with van der Waals surface area (Å²) < 4.78 is 2.38. The zero-order chi connectivity index (χ0) is 32.6. The van der Waals surface area contributed by atoms with Gasteiger partial charge in [-0.1, -0.05) is 152 Å². The third-order valence-corrected chi connectivity index (χ3v) is 9.33. The van der Waals surface area contributed by atoms with Gasteiger partial charge in [-0.25, -0.2) is 15.0 Å². The number of para-hydroxylation sites is 3. The summed E-state index contributed by atoms with van der Waals surface area (Å²) in [5, 5.41) is 2.50. The van der Waals surface area contributed by atoms with Crippen molar-refractivity contribution in [3.8, 4) is 39.6 Å². The van der Waals surface area contributed by atoms with E-state index in [4.69, 9.17) is 15.0 Å². The zero-order valence-electron chi connectivity index (χ0n) is 26.9. The van der Waals surface area contributed by atoms with Crippen LogP contribution in [0.2, 0.25) is 0 Å². The van der Waals surface area contributed by atoms with E-state index < -0.39 is 0 Å². The van der Waals surface area contributed by atoms with Crippen LogP contribution in [0.5, 0.6) is 0 Å². The van der Waals surface area contributed by atoms with Gasteiger partial charge in [0.25, 0.3) is 0 Å². The third kappa shape index (κ3) is 5.24. The average molecular weight is 629 g/mol. The van der Waals surface area contributed by atoms with Gasteiger partial charge in [0, 0.05) is 33.0 Å². The molecule has 9 rings (SSSR count). The number of hydrogen-bond donors (Lipinski definition) is 0. The number of allylic oxidation sites excluding steroid dienone is 4. The normalized spacial score (nSPS) is 13.0. The molecule has 0 fully saturated rings. The lowest BCUT2D eigenvalue weighted by molar-refractivity contribution is 1.01. The van der Waals surface area contributed by atoms with E-state index in [2.05, 4.69) is 156 Å². The van der Waals surface area contributed by atoms with E-state index in [1.54, 1.807) is 0 Å². The van der Waals surface area contributed by atoms with Crippen molar-refractivity contribution in [2.75, 3.05) is 0 Å². The van der Waals surface area contributed by atoms with Gasteiger partial charge in [-0.05, 0) is 47.7 Å².